The first-order chi connectivity index (χ1) is 24.5. The zero-order valence-electron chi connectivity index (χ0n) is 33.2. The molecule has 0 aliphatic rings. The molecule has 0 heterocycles. The number of hydrogen-bond acceptors (Lipinski definition) is 6. The Morgan fingerprint density at radius 1 is 0.275 bits per heavy atom. The van der Waals surface area contributed by atoms with Crippen LogP contribution in [0.25, 0.3) is 0 Å². The number of hydrogen-bond donors (Lipinski definition) is 0. The van der Waals surface area contributed by atoms with Gasteiger partial charge in [-0.15, -0.1) is 0 Å². The average molecular weight is 775 g/mol. The van der Waals surface area contributed by atoms with Gasteiger partial charge >= 0.3 is 0 Å². The van der Waals surface area contributed by atoms with Crippen LogP contribution in [0.4, 0.5) is 0 Å². The van der Waals surface area contributed by atoms with Gasteiger partial charge in [-0.25, -0.2) is 25.3 Å². The molecule has 300 valence electrons. The summed E-state index contributed by atoms with van der Waals surface area (Å²) in [6, 6.07) is 3.66. The van der Waals surface area contributed by atoms with Crippen LogP contribution in [0.1, 0.15) is 213 Å². The SMILES string of the molecule is CCCCCCCCCCCCS(=O)(=O)c1cc(S(=O)(=O)CCCCCCCCCCCC)cc(S(=O)(=O)CCCCCCCCCCCC)c1. The molecular formula is C42H78O6S3. The summed E-state index contributed by atoms with van der Waals surface area (Å²) >= 11 is 0. The Balaban J connectivity index is 2.87. The number of unbranched alkanes of at least 4 members (excludes halogenated alkanes) is 27. The summed E-state index contributed by atoms with van der Waals surface area (Å²) in [5, 5.41) is 0. The summed E-state index contributed by atoms with van der Waals surface area (Å²) in [5.74, 6) is -0.323. The Labute approximate surface area is 316 Å². The Hall–Kier alpha value is -0.930. The third-order valence-corrected chi connectivity index (χ3v) is 15.6. The van der Waals surface area contributed by atoms with Gasteiger partial charge in [0.15, 0.2) is 29.5 Å². The molecule has 6 nitrogen and oxygen atoms in total. The van der Waals surface area contributed by atoms with Gasteiger partial charge in [0.2, 0.25) is 0 Å². The van der Waals surface area contributed by atoms with Gasteiger partial charge in [-0.05, 0) is 37.5 Å². The minimum atomic E-state index is -3.85. The van der Waals surface area contributed by atoms with Crippen molar-refractivity contribution in [3.8, 4) is 0 Å². The quantitative estimate of drug-likeness (QED) is 0.0629. The molecule has 0 atom stereocenters. The lowest BCUT2D eigenvalue weighted by molar-refractivity contribution is 0.557. The largest absolute Gasteiger partial charge is 0.224 e. The zero-order valence-corrected chi connectivity index (χ0v) is 35.7. The standard InChI is InChI=1S/C42H78O6S3/c1-4-7-10-13-16-19-22-25-28-31-34-49(43,44)40-37-41(50(45,46)35-32-29-26-23-20-17-14-11-8-5-2)39-42(38-40)51(47,48)36-33-30-27-24-21-18-15-12-9-6-3/h37-39H,4-36H2,1-3H3. The lowest BCUT2D eigenvalue weighted by Gasteiger charge is -2.13. The lowest BCUT2D eigenvalue weighted by Crippen LogP contribution is -2.14. The topological polar surface area (TPSA) is 102 Å². The van der Waals surface area contributed by atoms with Gasteiger partial charge < -0.3 is 0 Å². The van der Waals surface area contributed by atoms with E-state index in [0.29, 0.717) is 19.3 Å². The Morgan fingerprint density at radius 3 is 0.608 bits per heavy atom. The second-order valence-electron chi connectivity index (χ2n) is 15.1. The van der Waals surface area contributed by atoms with E-state index < -0.39 is 29.5 Å². The van der Waals surface area contributed by atoms with Crippen LogP contribution < -0.4 is 0 Å². The van der Waals surface area contributed by atoms with Crippen molar-refractivity contribution >= 4 is 29.5 Å². The molecule has 1 aromatic carbocycles. The van der Waals surface area contributed by atoms with Crippen molar-refractivity contribution in [2.24, 2.45) is 0 Å². The van der Waals surface area contributed by atoms with E-state index in [1.54, 1.807) is 0 Å². The van der Waals surface area contributed by atoms with Gasteiger partial charge in [-0.2, -0.15) is 0 Å². The second kappa shape index (κ2) is 29.4. The highest BCUT2D eigenvalue weighted by Crippen LogP contribution is 2.27. The molecule has 0 radical (unpaired) electrons. The molecule has 51 heavy (non-hydrogen) atoms. The van der Waals surface area contributed by atoms with Gasteiger partial charge in [-0.1, -0.05) is 194 Å². The van der Waals surface area contributed by atoms with Crippen LogP contribution in [0.3, 0.4) is 0 Å². The smallest absolute Gasteiger partial charge is 0.178 e. The highest BCUT2D eigenvalue weighted by Gasteiger charge is 2.25. The fourth-order valence-corrected chi connectivity index (χ4v) is 11.3. The van der Waals surface area contributed by atoms with Gasteiger partial charge in [0.05, 0.1) is 31.9 Å². The predicted molar refractivity (Wildman–Crippen MR) is 218 cm³/mol. The van der Waals surface area contributed by atoms with E-state index >= 15 is 0 Å². The number of rotatable bonds is 36. The van der Waals surface area contributed by atoms with Gasteiger partial charge in [0.1, 0.15) is 0 Å². The summed E-state index contributed by atoms with van der Waals surface area (Å²) in [6.07, 6.45) is 32.2. The molecule has 0 amide bonds. The van der Waals surface area contributed by atoms with Crippen LogP contribution in [0, 0.1) is 0 Å². The van der Waals surface area contributed by atoms with E-state index in [9.17, 15) is 25.3 Å². The second-order valence-corrected chi connectivity index (χ2v) is 21.5. The van der Waals surface area contributed by atoms with Gasteiger partial charge in [0, 0.05) is 0 Å². The Bertz CT molecular complexity index is 1150. The maximum Gasteiger partial charge on any atom is 0.178 e. The van der Waals surface area contributed by atoms with Crippen LogP contribution in [-0.4, -0.2) is 42.5 Å². The first-order valence-electron chi connectivity index (χ1n) is 21.3. The molecule has 1 aromatic rings. The van der Waals surface area contributed by atoms with Crippen molar-refractivity contribution in [3.63, 3.8) is 0 Å². The molecule has 0 unspecified atom stereocenters. The number of sulfone groups is 3. The van der Waals surface area contributed by atoms with Crippen LogP contribution in [0.15, 0.2) is 32.9 Å². The average Bonchev–Trinajstić information content (AvgIpc) is 3.10. The van der Waals surface area contributed by atoms with E-state index in [1.165, 1.54) is 115 Å². The lowest BCUT2D eigenvalue weighted by atomic mass is 10.1. The molecule has 0 saturated heterocycles. The van der Waals surface area contributed by atoms with Crippen molar-refractivity contribution in [1.29, 1.82) is 0 Å². The molecular weight excluding hydrogens is 697 g/mol. The molecule has 0 spiro atoms. The molecule has 0 aromatic heterocycles. The van der Waals surface area contributed by atoms with Crippen LogP contribution >= 0.6 is 0 Å². The van der Waals surface area contributed by atoms with Crippen LogP contribution in [0.5, 0.6) is 0 Å². The van der Waals surface area contributed by atoms with Crippen LogP contribution in [0.2, 0.25) is 0 Å². The summed E-state index contributed by atoms with van der Waals surface area (Å²) in [7, 11) is -11.6. The van der Waals surface area contributed by atoms with Crippen molar-refractivity contribution < 1.29 is 25.3 Å². The van der Waals surface area contributed by atoms with Gasteiger partial charge in [-0.3, -0.25) is 0 Å². The minimum Gasteiger partial charge on any atom is -0.224 e. The van der Waals surface area contributed by atoms with E-state index in [-0.39, 0.29) is 31.9 Å². The molecule has 0 saturated carbocycles. The third-order valence-electron chi connectivity index (χ3n) is 10.2. The number of benzene rings is 1. The zero-order chi connectivity index (χ0) is 37.7. The minimum absolute atomic E-state index is 0.108. The van der Waals surface area contributed by atoms with Crippen LogP contribution in [-0.2, 0) is 29.5 Å². The van der Waals surface area contributed by atoms with E-state index in [0.717, 1.165) is 77.0 Å². The summed E-state index contributed by atoms with van der Waals surface area (Å²) < 4.78 is 81.1. The summed E-state index contributed by atoms with van der Waals surface area (Å²) in [5.41, 5.74) is 0. The summed E-state index contributed by atoms with van der Waals surface area (Å²) in [4.78, 5) is -0.530. The first-order valence-corrected chi connectivity index (χ1v) is 26.3. The van der Waals surface area contributed by atoms with E-state index in [1.807, 2.05) is 0 Å². The highest BCUT2D eigenvalue weighted by atomic mass is 32.2. The van der Waals surface area contributed by atoms with Crippen molar-refractivity contribution in [1.82, 2.24) is 0 Å². The fourth-order valence-electron chi connectivity index (χ4n) is 6.78. The predicted octanol–water partition coefficient (Wildman–Crippen LogP) is 12.8. The highest BCUT2D eigenvalue weighted by molar-refractivity contribution is 7.93. The molecule has 0 fully saturated rings. The molecule has 1 rings (SSSR count). The normalized spacial score (nSPS) is 12.5. The molecule has 0 N–H and O–H groups in total. The molecule has 9 heteroatoms. The summed E-state index contributed by atoms with van der Waals surface area (Å²) in [6.45, 7) is 6.63. The molecule has 0 bridgehead atoms. The third kappa shape index (κ3) is 23.5. The van der Waals surface area contributed by atoms with Crippen molar-refractivity contribution in [3.05, 3.63) is 18.2 Å². The maximum atomic E-state index is 13.5. The molecule has 0 aliphatic heterocycles. The monoisotopic (exact) mass is 774 g/mol. The first kappa shape index (κ1) is 48.1. The van der Waals surface area contributed by atoms with Crippen molar-refractivity contribution in [2.45, 2.75) is 228 Å². The fraction of sp³-hybridized carbons (Fsp3) is 0.857. The maximum absolute atomic E-state index is 13.5. The Morgan fingerprint density at radius 2 is 0.431 bits per heavy atom. The van der Waals surface area contributed by atoms with Gasteiger partial charge in [0.25, 0.3) is 0 Å². The van der Waals surface area contributed by atoms with E-state index in [2.05, 4.69) is 20.8 Å². The van der Waals surface area contributed by atoms with E-state index in [4.69, 9.17) is 0 Å². The van der Waals surface area contributed by atoms with Crippen molar-refractivity contribution in [2.75, 3.05) is 17.3 Å². The Kier molecular flexibility index (Phi) is 27.8. The molecule has 0 aliphatic carbocycles.